The van der Waals surface area contributed by atoms with Gasteiger partial charge < -0.3 is 24.8 Å². The number of carbonyl (C=O) groups excluding carboxylic acids is 2. The molecule has 0 aromatic carbocycles. The molecule has 3 aliphatic rings. The number of carboxylic acid groups (broad SMARTS) is 1. The Kier molecular flexibility index (Phi) is 6.37. The van der Waals surface area contributed by atoms with Gasteiger partial charge in [-0.2, -0.15) is 0 Å². The van der Waals surface area contributed by atoms with E-state index >= 15 is 0 Å². The van der Waals surface area contributed by atoms with Gasteiger partial charge in [-0.3, -0.25) is 4.79 Å². The van der Waals surface area contributed by atoms with Crippen LogP contribution in [0.3, 0.4) is 0 Å². The molecule has 0 aromatic heterocycles. The van der Waals surface area contributed by atoms with Crippen molar-refractivity contribution >= 4 is 18.0 Å². The van der Waals surface area contributed by atoms with Crippen LogP contribution in [-0.2, 0) is 19.1 Å². The molecule has 2 aliphatic heterocycles. The van der Waals surface area contributed by atoms with Gasteiger partial charge >= 0.3 is 12.1 Å². The van der Waals surface area contributed by atoms with Gasteiger partial charge in [0.2, 0.25) is 5.91 Å². The fourth-order valence-corrected chi connectivity index (χ4v) is 5.28. The van der Waals surface area contributed by atoms with Crippen molar-refractivity contribution in [3.63, 3.8) is 0 Å². The molecule has 0 unspecified atom stereocenters. The van der Waals surface area contributed by atoms with E-state index in [1.165, 1.54) is 4.90 Å². The predicted octanol–water partition coefficient (Wildman–Crippen LogP) is 2.94. The molecule has 2 N–H and O–H groups in total. The highest BCUT2D eigenvalue weighted by Gasteiger charge is 2.56. The van der Waals surface area contributed by atoms with Crippen molar-refractivity contribution in [2.24, 2.45) is 11.8 Å². The lowest BCUT2D eigenvalue weighted by Crippen LogP contribution is -2.56. The third kappa shape index (κ3) is 5.07. The molecule has 0 bridgehead atoms. The van der Waals surface area contributed by atoms with Crippen LogP contribution in [0.4, 0.5) is 4.79 Å². The number of likely N-dealkylation sites (tertiary alicyclic amines) is 1. The number of carbonyl (C=O) groups is 3. The van der Waals surface area contributed by atoms with Crippen LogP contribution >= 0.6 is 0 Å². The average Bonchev–Trinajstić information content (AvgIpc) is 3.09. The molecule has 4 atom stereocenters. The summed E-state index contributed by atoms with van der Waals surface area (Å²) in [6.45, 7) is 9.45. The molecule has 1 aliphatic carbocycles. The summed E-state index contributed by atoms with van der Waals surface area (Å²) in [5, 5.41) is 12.7. The molecule has 1 saturated carbocycles. The third-order valence-electron chi connectivity index (χ3n) is 6.39. The molecule has 3 fully saturated rings. The second-order valence-corrected chi connectivity index (χ2v) is 10.6. The van der Waals surface area contributed by atoms with E-state index < -0.39 is 35.3 Å². The van der Waals surface area contributed by atoms with Gasteiger partial charge in [-0.25, -0.2) is 9.59 Å². The zero-order valence-electron chi connectivity index (χ0n) is 18.8. The molecule has 0 radical (unpaired) electrons. The first-order valence-corrected chi connectivity index (χ1v) is 11.1. The number of alkyl carbamates (subject to hydrolysis) is 1. The summed E-state index contributed by atoms with van der Waals surface area (Å²) in [4.78, 5) is 39.6. The van der Waals surface area contributed by atoms with Crippen molar-refractivity contribution < 1.29 is 29.0 Å². The number of fused-ring (bicyclic) bond motifs is 1. The Labute approximate surface area is 178 Å². The number of ether oxygens (including phenoxy) is 2. The monoisotopic (exact) mass is 424 g/mol. The number of carboxylic acids is 1. The second kappa shape index (κ2) is 8.36. The van der Waals surface area contributed by atoms with Crippen LogP contribution in [0.15, 0.2) is 0 Å². The van der Waals surface area contributed by atoms with Gasteiger partial charge in [0.25, 0.3) is 0 Å². The summed E-state index contributed by atoms with van der Waals surface area (Å²) in [6, 6.07) is -1.72. The first-order chi connectivity index (χ1) is 13.9. The molecule has 2 heterocycles. The smallest absolute Gasteiger partial charge is 0.408 e. The lowest BCUT2D eigenvalue weighted by atomic mass is 9.83. The molecule has 2 saturated heterocycles. The maximum Gasteiger partial charge on any atom is 0.408 e. The molecule has 8 heteroatoms. The lowest BCUT2D eigenvalue weighted by Gasteiger charge is -2.35. The van der Waals surface area contributed by atoms with Crippen LogP contribution < -0.4 is 5.32 Å². The number of nitrogens with one attached hydrogen (secondary N) is 1. The third-order valence-corrected chi connectivity index (χ3v) is 6.39. The largest absolute Gasteiger partial charge is 0.480 e. The Balaban J connectivity index is 1.81. The molecular formula is C22H36N2O6. The van der Waals surface area contributed by atoms with E-state index in [9.17, 15) is 19.5 Å². The number of rotatable bonds is 4. The maximum absolute atomic E-state index is 13.6. The van der Waals surface area contributed by atoms with Gasteiger partial charge in [-0.15, -0.1) is 0 Å². The first kappa shape index (κ1) is 22.8. The molecule has 3 rings (SSSR count). The van der Waals surface area contributed by atoms with Gasteiger partial charge in [-0.1, -0.05) is 19.3 Å². The van der Waals surface area contributed by atoms with Gasteiger partial charge in [-0.05, 0) is 59.8 Å². The minimum Gasteiger partial charge on any atom is -0.480 e. The number of hydrogen-bond donors (Lipinski definition) is 2. The van der Waals surface area contributed by atoms with Gasteiger partial charge in [0.15, 0.2) is 0 Å². The van der Waals surface area contributed by atoms with Gasteiger partial charge in [0.05, 0.1) is 11.7 Å². The topological polar surface area (TPSA) is 105 Å². The number of aliphatic carboxylic acids is 1. The minimum atomic E-state index is -1.02. The molecule has 0 aromatic rings. The fraction of sp³-hybridized carbons (Fsp3) is 0.864. The quantitative estimate of drug-likeness (QED) is 0.719. The van der Waals surface area contributed by atoms with E-state index in [2.05, 4.69) is 5.32 Å². The highest BCUT2D eigenvalue weighted by Crippen LogP contribution is 2.43. The SMILES string of the molecule is CC(C)(C)OC(=O)N[C@H](C(=O)N1C[C@@H]2OC(C)(C)C[C@@H]2[C@H]1C(=O)O)C1CCCCC1. The van der Waals surface area contributed by atoms with Crippen LogP contribution in [0, 0.1) is 11.8 Å². The lowest BCUT2D eigenvalue weighted by molar-refractivity contribution is -0.151. The van der Waals surface area contributed by atoms with Crippen molar-refractivity contribution in [1.29, 1.82) is 0 Å². The van der Waals surface area contributed by atoms with E-state index in [1.54, 1.807) is 20.8 Å². The molecule has 0 spiro atoms. The Hall–Kier alpha value is -1.83. The van der Waals surface area contributed by atoms with Crippen LogP contribution in [-0.4, -0.2) is 63.9 Å². The highest BCUT2D eigenvalue weighted by molar-refractivity contribution is 5.90. The Morgan fingerprint density at radius 2 is 1.80 bits per heavy atom. The van der Waals surface area contributed by atoms with Crippen LogP contribution in [0.2, 0.25) is 0 Å². The number of amides is 2. The average molecular weight is 425 g/mol. The molecule has 8 nitrogen and oxygen atoms in total. The van der Waals surface area contributed by atoms with E-state index in [4.69, 9.17) is 9.47 Å². The first-order valence-electron chi connectivity index (χ1n) is 11.1. The summed E-state index contributed by atoms with van der Waals surface area (Å²) in [7, 11) is 0. The van der Waals surface area contributed by atoms with E-state index in [-0.39, 0.29) is 30.4 Å². The van der Waals surface area contributed by atoms with E-state index in [0.717, 1.165) is 32.1 Å². The normalized spacial score (nSPS) is 29.9. The summed E-state index contributed by atoms with van der Waals surface area (Å²) in [6.07, 6.45) is 4.41. The summed E-state index contributed by atoms with van der Waals surface area (Å²) >= 11 is 0. The van der Waals surface area contributed by atoms with Crippen LogP contribution in [0.1, 0.15) is 73.1 Å². The van der Waals surface area contributed by atoms with Crippen molar-refractivity contribution in [2.45, 2.75) is 103 Å². The summed E-state index contributed by atoms with van der Waals surface area (Å²) < 4.78 is 11.4. The minimum absolute atomic E-state index is 0.0222. The van der Waals surface area contributed by atoms with E-state index in [1.807, 2.05) is 13.8 Å². The Morgan fingerprint density at radius 1 is 1.17 bits per heavy atom. The summed E-state index contributed by atoms with van der Waals surface area (Å²) in [5.41, 5.74) is -1.08. The highest BCUT2D eigenvalue weighted by atomic mass is 16.6. The van der Waals surface area contributed by atoms with Gasteiger partial charge in [0.1, 0.15) is 17.7 Å². The van der Waals surface area contributed by atoms with Crippen molar-refractivity contribution in [3.05, 3.63) is 0 Å². The van der Waals surface area contributed by atoms with Gasteiger partial charge in [0, 0.05) is 12.5 Å². The number of nitrogens with zero attached hydrogens (tertiary/aromatic N) is 1. The van der Waals surface area contributed by atoms with Crippen molar-refractivity contribution in [3.8, 4) is 0 Å². The summed E-state index contributed by atoms with van der Waals surface area (Å²) in [5.74, 6) is -1.62. The zero-order valence-corrected chi connectivity index (χ0v) is 18.8. The van der Waals surface area contributed by atoms with Crippen molar-refractivity contribution in [1.82, 2.24) is 10.2 Å². The van der Waals surface area contributed by atoms with Crippen molar-refractivity contribution in [2.75, 3.05) is 6.54 Å². The second-order valence-electron chi connectivity index (χ2n) is 10.6. The standard InChI is InChI=1S/C22H36N2O6/c1-21(2,3)30-20(28)23-16(13-9-7-6-8-10-13)18(25)24-12-15-14(17(24)19(26)27)11-22(4,5)29-15/h13-17H,6-12H2,1-5H3,(H,23,28)(H,26,27)/t14-,15-,16-,17-/m0/s1. The zero-order chi connectivity index (χ0) is 22.3. The molecular weight excluding hydrogens is 388 g/mol. The van der Waals surface area contributed by atoms with E-state index in [0.29, 0.717) is 6.42 Å². The molecule has 170 valence electrons. The maximum atomic E-state index is 13.6. The van der Waals surface area contributed by atoms with Crippen LogP contribution in [0.5, 0.6) is 0 Å². The number of hydrogen-bond acceptors (Lipinski definition) is 5. The molecule has 30 heavy (non-hydrogen) atoms. The molecule has 2 amide bonds. The fourth-order valence-electron chi connectivity index (χ4n) is 5.28. The predicted molar refractivity (Wildman–Crippen MR) is 110 cm³/mol. The van der Waals surface area contributed by atoms with Crippen LogP contribution in [0.25, 0.3) is 0 Å². The Bertz CT molecular complexity index is 680. The Morgan fingerprint density at radius 3 is 2.37 bits per heavy atom.